The Morgan fingerprint density at radius 3 is 2.50 bits per heavy atom. The van der Waals surface area contributed by atoms with Crippen LogP contribution in [0.4, 0.5) is 17.1 Å². The van der Waals surface area contributed by atoms with Crippen LogP contribution in [0.25, 0.3) is 0 Å². The maximum atomic E-state index is 13.1. The molecular weight excluding hydrogens is 455 g/mol. The maximum absolute atomic E-state index is 13.1. The lowest BCUT2D eigenvalue weighted by Crippen LogP contribution is -2.38. The molecule has 8 nitrogen and oxygen atoms in total. The van der Waals surface area contributed by atoms with Crippen molar-refractivity contribution in [3.05, 3.63) is 62.1 Å². The lowest BCUT2D eigenvalue weighted by Gasteiger charge is -2.23. The molecular formula is C22H24Cl2N4O4. The molecule has 1 aliphatic heterocycles. The summed E-state index contributed by atoms with van der Waals surface area (Å²) in [5.74, 6) is -0.875. The van der Waals surface area contributed by atoms with E-state index in [4.69, 9.17) is 23.2 Å². The number of halogens is 2. The Bertz CT molecular complexity index is 1020. The van der Waals surface area contributed by atoms with E-state index in [2.05, 4.69) is 5.32 Å². The van der Waals surface area contributed by atoms with Crippen LogP contribution in [0.5, 0.6) is 0 Å². The first-order valence-electron chi connectivity index (χ1n) is 10.4. The van der Waals surface area contributed by atoms with Crippen molar-refractivity contribution >= 4 is 52.1 Å². The summed E-state index contributed by atoms with van der Waals surface area (Å²) in [7, 11) is 0. The van der Waals surface area contributed by atoms with Gasteiger partial charge in [0.25, 0.3) is 11.6 Å². The van der Waals surface area contributed by atoms with Gasteiger partial charge in [-0.15, -0.1) is 0 Å². The van der Waals surface area contributed by atoms with E-state index < -0.39 is 16.7 Å². The summed E-state index contributed by atoms with van der Waals surface area (Å²) in [4.78, 5) is 40.2. The largest absolute Gasteiger partial charge is 0.366 e. The van der Waals surface area contributed by atoms with Crippen molar-refractivity contribution < 1.29 is 14.5 Å². The molecule has 1 heterocycles. The topological polar surface area (TPSA) is 95.8 Å². The van der Waals surface area contributed by atoms with Crippen molar-refractivity contribution in [2.75, 3.05) is 36.4 Å². The molecule has 1 fully saturated rings. The molecule has 0 aliphatic carbocycles. The highest BCUT2D eigenvalue weighted by Gasteiger charge is 2.26. The Balaban J connectivity index is 1.78. The Morgan fingerprint density at radius 2 is 1.88 bits per heavy atom. The molecule has 0 unspecified atom stereocenters. The summed E-state index contributed by atoms with van der Waals surface area (Å²) < 4.78 is 0. The van der Waals surface area contributed by atoms with E-state index in [1.165, 1.54) is 17.0 Å². The van der Waals surface area contributed by atoms with Gasteiger partial charge in [0.15, 0.2) is 0 Å². The van der Waals surface area contributed by atoms with Gasteiger partial charge < -0.3 is 15.1 Å². The van der Waals surface area contributed by atoms with Crippen LogP contribution in [0.15, 0.2) is 36.4 Å². The van der Waals surface area contributed by atoms with Gasteiger partial charge in [-0.1, -0.05) is 30.1 Å². The molecule has 0 spiro atoms. The van der Waals surface area contributed by atoms with E-state index in [0.29, 0.717) is 29.4 Å². The minimum Gasteiger partial charge on any atom is -0.366 e. The predicted molar refractivity (Wildman–Crippen MR) is 126 cm³/mol. The molecule has 2 amide bonds. The molecule has 170 valence electrons. The minimum absolute atomic E-state index is 0.105. The van der Waals surface area contributed by atoms with Crippen LogP contribution < -0.4 is 10.2 Å². The van der Waals surface area contributed by atoms with Crippen LogP contribution in [0.1, 0.15) is 36.5 Å². The number of nitro groups is 1. The zero-order chi connectivity index (χ0) is 23.3. The number of carbonyl (C=O) groups excluding carboxylic acids is 2. The maximum Gasteiger partial charge on any atom is 0.293 e. The lowest BCUT2D eigenvalue weighted by molar-refractivity contribution is -0.384. The fourth-order valence-corrected chi connectivity index (χ4v) is 4.14. The zero-order valence-corrected chi connectivity index (χ0v) is 19.2. The molecule has 2 aromatic carbocycles. The fraction of sp³-hybridized carbons (Fsp3) is 0.364. The van der Waals surface area contributed by atoms with E-state index in [9.17, 15) is 19.7 Å². The molecule has 1 N–H and O–H groups in total. The standard InChI is InChI=1S/C22H24Cl2N4O4/c1-2-9-27(14-21(29)25-18-7-6-16(23)13-17(18)24)22(30)15-5-8-19(20(12-15)28(31)32)26-10-3-4-11-26/h5-8,12-13H,2-4,9-11,14H2,1H3,(H,25,29). The highest BCUT2D eigenvalue weighted by molar-refractivity contribution is 6.36. The third kappa shape index (κ3) is 5.69. The number of rotatable bonds is 8. The summed E-state index contributed by atoms with van der Waals surface area (Å²) in [5.41, 5.74) is 0.966. The molecule has 0 radical (unpaired) electrons. The van der Waals surface area contributed by atoms with Crippen molar-refractivity contribution in [3.63, 3.8) is 0 Å². The third-order valence-corrected chi connectivity index (χ3v) is 5.73. The van der Waals surface area contributed by atoms with Gasteiger partial charge in [0.2, 0.25) is 5.91 Å². The number of anilines is 2. The van der Waals surface area contributed by atoms with Crippen molar-refractivity contribution in [1.82, 2.24) is 4.90 Å². The van der Waals surface area contributed by atoms with E-state index in [1.807, 2.05) is 11.8 Å². The Labute approximate surface area is 196 Å². The van der Waals surface area contributed by atoms with Gasteiger partial charge in [-0.05, 0) is 49.6 Å². The van der Waals surface area contributed by atoms with Crippen LogP contribution in [0.3, 0.4) is 0 Å². The summed E-state index contributed by atoms with van der Waals surface area (Å²) in [6.45, 7) is 3.50. The Hall–Kier alpha value is -2.84. The number of benzene rings is 2. The van der Waals surface area contributed by atoms with Gasteiger partial charge in [-0.3, -0.25) is 19.7 Å². The van der Waals surface area contributed by atoms with Crippen LogP contribution >= 0.6 is 23.2 Å². The normalized spacial score (nSPS) is 13.2. The first-order valence-corrected chi connectivity index (χ1v) is 11.1. The van der Waals surface area contributed by atoms with Crippen LogP contribution in [0.2, 0.25) is 10.0 Å². The highest BCUT2D eigenvalue weighted by Crippen LogP contribution is 2.32. The monoisotopic (exact) mass is 478 g/mol. The fourth-order valence-electron chi connectivity index (χ4n) is 3.69. The summed E-state index contributed by atoms with van der Waals surface area (Å²) in [6.07, 6.45) is 2.58. The first-order chi connectivity index (χ1) is 15.3. The van der Waals surface area contributed by atoms with Crippen LogP contribution in [-0.2, 0) is 4.79 Å². The predicted octanol–water partition coefficient (Wildman–Crippen LogP) is 4.99. The van der Waals surface area contributed by atoms with Crippen LogP contribution in [0, 0.1) is 10.1 Å². The van der Waals surface area contributed by atoms with Crippen molar-refractivity contribution in [2.24, 2.45) is 0 Å². The second-order valence-electron chi connectivity index (χ2n) is 7.55. The second kappa shape index (κ2) is 10.7. The number of hydrogen-bond donors (Lipinski definition) is 1. The molecule has 3 rings (SSSR count). The highest BCUT2D eigenvalue weighted by atomic mass is 35.5. The molecule has 32 heavy (non-hydrogen) atoms. The number of nitrogens with one attached hydrogen (secondary N) is 1. The summed E-state index contributed by atoms with van der Waals surface area (Å²) in [6, 6.07) is 9.18. The number of nitro benzene ring substituents is 1. The SMILES string of the molecule is CCCN(CC(=O)Nc1ccc(Cl)cc1Cl)C(=O)c1ccc(N2CCCC2)c([N+](=O)[O-])c1. The smallest absolute Gasteiger partial charge is 0.293 e. The number of amides is 2. The first kappa shape index (κ1) is 23.8. The van der Waals surface area contributed by atoms with Crippen LogP contribution in [-0.4, -0.2) is 47.8 Å². The molecule has 2 aromatic rings. The van der Waals surface area contributed by atoms with Gasteiger partial charge in [0.05, 0.1) is 15.6 Å². The van der Waals surface area contributed by atoms with E-state index in [0.717, 1.165) is 25.9 Å². The average Bonchev–Trinajstić information content (AvgIpc) is 3.29. The summed E-state index contributed by atoms with van der Waals surface area (Å²) in [5, 5.41) is 15.0. The average molecular weight is 479 g/mol. The second-order valence-corrected chi connectivity index (χ2v) is 8.40. The quantitative estimate of drug-likeness (QED) is 0.425. The van der Waals surface area contributed by atoms with Gasteiger partial charge in [0, 0.05) is 36.3 Å². The molecule has 0 aromatic heterocycles. The van der Waals surface area contributed by atoms with Crippen molar-refractivity contribution in [3.8, 4) is 0 Å². The molecule has 0 saturated carbocycles. The lowest BCUT2D eigenvalue weighted by atomic mass is 10.1. The molecule has 1 saturated heterocycles. The molecule has 1 aliphatic rings. The zero-order valence-electron chi connectivity index (χ0n) is 17.6. The summed E-state index contributed by atoms with van der Waals surface area (Å²) >= 11 is 12.0. The number of nitrogens with zero attached hydrogens (tertiary/aromatic N) is 3. The molecule has 0 atom stereocenters. The molecule has 10 heteroatoms. The van der Waals surface area contributed by atoms with E-state index in [1.54, 1.807) is 24.3 Å². The Morgan fingerprint density at radius 1 is 1.16 bits per heavy atom. The van der Waals surface area contributed by atoms with Gasteiger partial charge in [-0.25, -0.2) is 0 Å². The van der Waals surface area contributed by atoms with Gasteiger partial charge in [-0.2, -0.15) is 0 Å². The number of hydrogen-bond acceptors (Lipinski definition) is 5. The van der Waals surface area contributed by atoms with E-state index >= 15 is 0 Å². The van der Waals surface area contributed by atoms with Gasteiger partial charge in [0.1, 0.15) is 12.2 Å². The Kier molecular flexibility index (Phi) is 7.93. The van der Waals surface area contributed by atoms with Crippen molar-refractivity contribution in [1.29, 1.82) is 0 Å². The van der Waals surface area contributed by atoms with E-state index in [-0.39, 0.29) is 22.8 Å². The van der Waals surface area contributed by atoms with Crippen molar-refractivity contribution in [2.45, 2.75) is 26.2 Å². The minimum atomic E-state index is -0.468. The van der Waals surface area contributed by atoms with Gasteiger partial charge >= 0.3 is 0 Å². The number of carbonyl (C=O) groups is 2. The third-order valence-electron chi connectivity index (χ3n) is 5.19. The molecule has 0 bridgehead atoms.